The van der Waals surface area contributed by atoms with Crippen molar-refractivity contribution < 1.29 is 18.0 Å². The quantitative estimate of drug-likeness (QED) is 0.912. The molecule has 1 heterocycles. The zero-order valence-corrected chi connectivity index (χ0v) is 13.4. The van der Waals surface area contributed by atoms with Gasteiger partial charge in [-0.25, -0.2) is 4.98 Å². The summed E-state index contributed by atoms with van der Waals surface area (Å²) >= 11 is 0. The molecule has 7 heteroatoms. The highest BCUT2D eigenvalue weighted by Gasteiger charge is 2.30. The van der Waals surface area contributed by atoms with E-state index < -0.39 is 11.7 Å². The van der Waals surface area contributed by atoms with Crippen LogP contribution in [0.2, 0.25) is 0 Å². The van der Waals surface area contributed by atoms with Gasteiger partial charge in [0, 0.05) is 32.4 Å². The Bertz CT molecular complexity index is 714. The Balaban J connectivity index is 2.00. The van der Waals surface area contributed by atoms with Crippen molar-refractivity contribution in [2.24, 2.45) is 0 Å². The molecule has 2 rings (SSSR count). The van der Waals surface area contributed by atoms with Gasteiger partial charge in [-0.15, -0.1) is 0 Å². The molecular weight excluding hydrogens is 319 g/mol. The number of aromatic nitrogens is 1. The van der Waals surface area contributed by atoms with E-state index in [1.807, 2.05) is 25.1 Å². The number of halogens is 3. The minimum absolute atomic E-state index is 0.110. The van der Waals surface area contributed by atoms with Crippen LogP contribution in [0.15, 0.2) is 42.6 Å². The molecule has 0 spiro atoms. The third kappa shape index (κ3) is 4.71. The molecule has 0 aliphatic carbocycles. The second-order valence-electron chi connectivity index (χ2n) is 5.53. The number of hydrogen-bond donors (Lipinski definition) is 1. The average molecular weight is 337 g/mol. The van der Waals surface area contributed by atoms with Gasteiger partial charge < -0.3 is 10.2 Å². The van der Waals surface area contributed by atoms with Crippen molar-refractivity contribution in [2.45, 2.75) is 19.1 Å². The molecule has 0 aliphatic rings. The number of nitrogens with one attached hydrogen (secondary N) is 1. The normalized spacial score (nSPS) is 11.2. The molecule has 0 unspecified atom stereocenters. The standard InChI is InChI=1S/C17H18F3N3O/c1-23(2)16-13(6-4-8-21-16)11-22-15(24)10-12-5-3-7-14(9-12)17(18,19)20/h3-9H,10-11H2,1-2H3,(H,22,24). The highest BCUT2D eigenvalue weighted by Crippen LogP contribution is 2.29. The summed E-state index contributed by atoms with van der Waals surface area (Å²) in [6.45, 7) is 0.263. The van der Waals surface area contributed by atoms with Crippen LogP contribution in [0.4, 0.5) is 19.0 Å². The first-order chi connectivity index (χ1) is 11.3. The number of nitrogens with zero attached hydrogens (tertiary/aromatic N) is 2. The maximum Gasteiger partial charge on any atom is 0.416 e. The molecule has 0 aliphatic heterocycles. The lowest BCUT2D eigenvalue weighted by Gasteiger charge is -2.16. The summed E-state index contributed by atoms with van der Waals surface area (Å²) in [5.74, 6) is 0.389. The van der Waals surface area contributed by atoms with Crippen LogP contribution in [-0.2, 0) is 23.9 Å². The molecule has 1 aromatic carbocycles. The fourth-order valence-corrected chi connectivity index (χ4v) is 2.27. The fraction of sp³-hybridized carbons (Fsp3) is 0.294. The van der Waals surface area contributed by atoms with Crippen molar-refractivity contribution in [3.8, 4) is 0 Å². The van der Waals surface area contributed by atoms with Gasteiger partial charge in [0.15, 0.2) is 0 Å². The molecule has 1 aromatic heterocycles. The SMILES string of the molecule is CN(C)c1ncccc1CNC(=O)Cc1cccc(C(F)(F)F)c1. The van der Waals surface area contributed by atoms with Crippen LogP contribution in [0, 0.1) is 0 Å². The van der Waals surface area contributed by atoms with Gasteiger partial charge in [-0.1, -0.05) is 24.3 Å². The Morgan fingerprint density at radius 3 is 2.62 bits per heavy atom. The van der Waals surface area contributed by atoms with Crippen LogP contribution < -0.4 is 10.2 Å². The van der Waals surface area contributed by atoms with Gasteiger partial charge in [0.25, 0.3) is 0 Å². The maximum atomic E-state index is 12.7. The van der Waals surface area contributed by atoms with E-state index in [0.717, 1.165) is 23.5 Å². The number of alkyl halides is 3. The van der Waals surface area contributed by atoms with E-state index in [1.165, 1.54) is 12.1 Å². The number of benzene rings is 1. The lowest BCUT2D eigenvalue weighted by molar-refractivity contribution is -0.137. The zero-order valence-electron chi connectivity index (χ0n) is 13.4. The van der Waals surface area contributed by atoms with Crippen molar-refractivity contribution in [2.75, 3.05) is 19.0 Å². The van der Waals surface area contributed by atoms with E-state index in [2.05, 4.69) is 10.3 Å². The average Bonchev–Trinajstić information content (AvgIpc) is 2.52. The number of amides is 1. The number of hydrogen-bond acceptors (Lipinski definition) is 3. The van der Waals surface area contributed by atoms with Crippen LogP contribution in [0.5, 0.6) is 0 Å². The number of anilines is 1. The van der Waals surface area contributed by atoms with Crippen LogP contribution in [0.3, 0.4) is 0 Å². The van der Waals surface area contributed by atoms with Gasteiger partial charge in [0.1, 0.15) is 5.82 Å². The number of carbonyl (C=O) groups is 1. The van der Waals surface area contributed by atoms with Crippen LogP contribution in [-0.4, -0.2) is 25.0 Å². The predicted octanol–water partition coefficient (Wildman–Crippen LogP) is 3.03. The molecule has 0 saturated heterocycles. The molecule has 0 radical (unpaired) electrons. The van der Waals surface area contributed by atoms with Crippen molar-refractivity contribution in [3.63, 3.8) is 0 Å². The minimum Gasteiger partial charge on any atom is -0.362 e. The van der Waals surface area contributed by atoms with Crippen LogP contribution in [0.1, 0.15) is 16.7 Å². The zero-order chi connectivity index (χ0) is 17.7. The Kier molecular flexibility index (Phi) is 5.43. The summed E-state index contributed by atoms with van der Waals surface area (Å²) in [5.41, 5.74) is 0.399. The largest absolute Gasteiger partial charge is 0.416 e. The number of carbonyl (C=O) groups excluding carboxylic acids is 1. The van der Waals surface area contributed by atoms with Gasteiger partial charge in [-0.3, -0.25) is 4.79 Å². The van der Waals surface area contributed by atoms with Gasteiger partial charge >= 0.3 is 6.18 Å². The molecule has 0 atom stereocenters. The van der Waals surface area contributed by atoms with E-state index in [1.54, 1.807) is 12.3 Å². The fourth-order valence-electron chi connectivity index (χ4n) is 2.27. The molecule has 0 saturated carbocycles. The van der Waals surface area contributed by atoms with Gasteiger partial charge in [-0.05, 0) is 17.7 Å². The van der Waals surface area contributed by atoms with Gasteiger partial charge in [-0.2, -0.15) is 13.2 Å². The number of rotatable bonds is 5. The molecule has 1 amide bonds. The first kappa shape index (κ1) is 17.8. The summed E-state index contributed by atoms with van der Waals surface area (Å²) in [5, 5.41) is 2.71. The smallest absolute Gasteiger partial charge is 0.362 e. The Hall–Kier alpha value is -2.57. The van der Waals surface area contributed by atoms with Crippen molar-refractivity contribution in [1.29, 1.82) is 0 Å². The van der Waals surface area contributed by atoms with E-state index >= 15 is 0 Å². The lowest BCUT2D eigenvalue weighted by atomic mass is 10.1. The summed E-state index contributed by atoms with van der Waals surface area (Å²) in [6, 6.07) is 8.39. The molecule has 2 aromatic rings. The Morgan fingerprint density at radius 2 is 1.96 bits per heavy atom. The maximum absolute atomic E-state index is 12.7. The van der Waals surface area contributed by atoms with E-state index in [4.69, 9.17) is 0 Å². The molecular formula is C17H18F3N3O. The Morgan fingerprint density at radius 1 is 1.21 bits per heavy atom. The first-order valence-corrected chi connectivity index (χ1v) is 7.31. The minimum atomic E-state index is -4.41. The monoisotopic (exact) mass is 337 g/mol. The topological polar surface area (TPSA) is 45.2 Å². The summed E-state index contributed by atoms with van der Waals surface area (Å²) < 4.78 is 38.0. The van der Waals surface area contributed by atoms with Crippen LogP contribution in [0.25, 0.3) is 0 Å². The second-order valence-corrected chi connectivity index (χ2v) is 5.53. The van der Waals surface area contributed by atoms with Crippen molar-refractivity contribution in [1.82, 2.24) is 10.3 Å². The van der Waals surface area contributed by atoms with Gasteiger partial charge in [0.05, 0.1) is 12.0 Å². The number of pyridine rings is 1. The second kappa shape index (κ2) is 7.33. The highest BCUT2D eigenvalue weighted by atomic mass is 19.4. The molecule has 128 valence electrons. The lowest BCUT2D eigenvalue weighted by Crippen LogP contribution is -2.26. The van der Waals surface area contributed by atoms with Crippen molar-refractivity contribution in [3.05, 3.63) is 59.3 Å². The van der Waals surface area contributed by atoms with E-state index in [9.17, 15) is 18.0 Å². The first-order valence-electron chi connectivity index (χ1n) is 7.31. The summed E-state index contributed by atoms with van der Waals surface area (Å²) in [4.78, 5) is 18.1. The molecule has 1 N–H and O–H groups in total. The molecule has 0 bridgehead atoms. The Labute approximate surface area is 138 Å². The highest BCUT2D eigenvalue weighted by molar-refractivity contribution is 5.78. The molecule has 0 fully saturated rings. The molecule has 24 heavy (non-hydrogen) atoms. The summed E-state index contributed by atoms with van der Waals surface area (Å²) in [7, 11) is 3.69. The molecule has 4 nitrogen and oxygen atoms in total. The summed E-state index contributed by atoms with van der Waals surface area (Å²) in [6.07, 6.45) is -2.87. The van der Waals surface area contributed by atoms with Crippen molar-refractivity contribution >= 4 is 11.7 Å². The predicted molar refractivity (Wildman–Crippen MR) is 85.6 cm³/mol. The van der Waals surface area contributed by atoms with Crippen LogP contribution >= 0.6 is 0 Å². The van der Waals surface area contributed by atoms with E-state index in [-0.39, 0.29) is 18.9 Å². The van der Waals surface area contributed by atoms with Gasteiger partial charge in [0.2, 0.25) is 5.91 Å². The van der Waals surface area contributed by atoms with E-state index in [0.29, 0.717) is 5.56 Å². The third-order valence-electron chi connectivity index (χ3n) is 3.39. The third-order valence-corrected chi connectivity index (χ3v) is 3.39.